The molecule has 0 aliphatic carbocycles. The predicted octanol–water partition coefficient (Wildman–Crippen LogP) is 0.683. The van der Waals surface area contributed by atoms with Crippen molar-refractivity contribution < 1.29 is 4.79 Å². The van der Waals surface area contributed by atoms with Crippen LogP contribution >= 0.6 is 11.3 Å². The minimum Gasteiger partial charge on any atom is -0.333 e. The number of aryl methyl sites for hydroxylation is 1. The number of H-pyrrole nitrogens is 2. The lowest BCUT2D eigenvalue weighted by atomic mass is 10.2. The van der Waals surface area contributed by atoms with Gasteiger partial charge in [0.05, 0.1) is 23.1 Å². The second-order valence-electron chi connectivity index (χ2n) is 4.56. The molecule has 0 aliphatic heterocycles. The van der Waals surface area contributed by atoms with Crippen LogP contribution in [0.5, 0.6) is 0 Å². The molecule has 3 aromatic rings. The molecule has 2 N–H and O–H groups in total. The predicted molar refractivity (Wildman–Crippen MR) is 77.2 cm³/mol. The zero-order chi connectivity index (χ0) is 15.0. The average Bonchev–Trinajstić information content (AvgIpc) is 3.07. The van der Waals surface area contributed by atoms with Gasteiger partial charge in [0, 0.05) is 7.05 Å². The fourth-order valence-electron chi connectivity index (χ4n) is 2.06. The van der Waals surface area contributed by atoms with Crippen LogP contribution in [0.4, 0.5) is 0 Å². The maximum Gasteiger partial charge on any atom is 0.264 e. The summed E-state index contributed by atoms with van der Waals surface area (Å²) in [6, 6.07) is 0. The summed E-state index contributed by atoms with van der Waals surface area (Å²) >= 11 is 1.22. The highest BCUT2D eigenvalue weighted by Crippen LogP contribution is 2.27. The molecule has 1 amide bonds. The fraction of sp³-hybridized carbons (Fsp3) is 0.250. The normalized spacial score (nSPS) is 11.0. The number of carbonyl (C=O) groups excluding carboxylic acids is 1. The van der Waals surface area contributed by atoms with Crippen LogP contribution in [0.1, 0.15) is 21.1 Å². The number of thiophene rings is 1. The van der Waals surface area contributed by atoms with Crippen molar-refractivity contribution in [2.45, 2.75) is 13.5 Å². The van der Waals surface area contributed by atoms with Crippen molar-refractivity contribution in [1.82, 2.24) is 30.0 Å². The second-order valence-corrected chi connectivity index (χ2v) is 5.56. The summed E-state index contributed by atoms with van der Waals surface area (Å²) < 4.78 is 0. The van der Waals surface area contributed by atoms with Gasteiger partial charge in [-0.15, -0.1) is 11.3 Å². The van der Waals surface area contributed by atoms with Crippen LogP contribution in [-0.4, -0.2) is 43.0 Å². The van der Waals surface area contributed by atoms with E-state index in [1.807, 2.05) is 0 Å². The van der Waals surface area contributed by atoms with E-state index in [1.54, 1.807) is 14.0 Å². The molecule has 0 saturated heterocycles. The van der Waals surface area contributed by atoms with E-state index in [2.05, 4.69) is 25.1 Å². The first-order valence-electron chi connectivity index (χ1n) is 6.14. The van der Waals surface area contributed by atoms with E-state index in [4.69, 9.17) is 0 Å². The number of fused-ring (bicyclic) bond motifs is 1. The highest BCUT2D eigenvalue weighted by atomic mass is 32.1. The lowest BCUT2D eigenvalue weighted by molar-refractivity contribution is 0.0786. The van der Waals surface area contributed by atoms with E-state index >= 15 is 0 Å². The largest absolute Gasteiger partial charge is 0.333 e. The van der Waals surface area contributed by atoms with Gasteiger partial charge in [0.15, 0.2) is 0 Å². The Labute approximate surface area is 122 Å². The minimum absolute atomic E-state index is 0.175. The summed E-state index contributed by atoms with van der Waals surface area (Å²) in [5, 5.41) is 6.92. The van der Waals surface area contributed by atoms with Gasteiger partial charge in [-0.05, 0) is 12.5 Å². The quantitative estimate of drug-likeness (QED) is 0.740. The van der Waals surface area contributed by atoms with Crippen molar-refractivity contribution in [3.05, 3.63) is 39.3 Å². The molecule has 3 rings (SSSR count). The molecule has 0 spiro atoms. The van der Waals surface area contributed by atoms with E-state index in [0.717, 1.165) is 0 Å². The van der Waals surface area contributed by atoms with Gasteiger partial charge in [0.2, 0.25) is 0 Å². The van der Waals surface area contributed by atoms with E-state index in [0.29, 0.717) is 33.0 Å². The molecular formula is C12H12N6O2S. The molecule has 0 bridgehead atoms. The molecular weight excluding hydrogens is 292 g/mol. The van der Waals surface area contributed by atoms with Crippen LogP contribution in [-0.2, 0) is 6.54 Å². The van der Waals surface area contributed by atoms with Gasteiger partial charge in [0.25, 0.3) is 11.5 Å². The number of nitrogens with zero attached hydrogens (tertiary/aromatic N) is 4. The van der Waals surface area contributed by atoms with E-state index < -0.39 is 0 Å². The molecule has 0 fully saturated rings. The van der Waals surface area contributed by atoms with Crippen LogP contribution < -0.4 is 5.56 Å². The molecule has 0 saturated carbocycles. The molecule has 108 valence electrons. The summed E-state index contributed by atoms with van der Waals surface area (Å²) in [7, 11) is 1.67. The molecule has 9 heteroatoms. The van der Waals surface area contributed by atoms with Gasteiger partial charge in [-0.1, -0.05) is 0 Å². The third-order valence-electron chi connectivity index (χ3n) is 3.13. The molecule has 0 unspecified atom stereocenters. The van der Waals surface area contributed by atoms with E-state index in [-0.39, 0.29) is 11.5 Å². The van der Waals surface area contributed by atoms with Gasteiger partial charge < -0.3 is 9.88 Å². The SMILES string of the molecule is Cc1c(C(=O)N(C)Cc2ncn[nH]2)sc2nc[nH]c(=O)c12. The number of aromatic nitrogens is 5. The first kappa shape index (κ1) is 13.4. The summed E-state index contributed by atoms with van der Waals surface area (Å²) in [5.41, 5.74) is 0.421. The molecule has 3 aromatic heterocycles. The zero-order valence-corrected chi connectivity index (χ0v) is 12.2. The third-order valence-corrected chi connectivity index (χ3v) is 4.31. The van der Waals surface area contributed by atoms with Gasteiger partial charge >= 0.3 is 0 Å². The Hall–Kier alpha value is -2.55. The maximum absolute atomic E-state index is 12.5. The van der Waals surface area contributed by atoms with Crippen molar-refractivity contribution in [2.24, 2.45) is 0 Å². The van der Waals surface area contributed by atoms with Crippen LogP contribution in [0.25, 0.3) is 10.2 Å². The van der Waals surface area contributed by atoms with Crippen LogP contribution in [0.2, 0.25) is 0 Å². The van der Waals surface area contributed by atoms with Gasteiger partial charge in [0.1, 0.15) is 17.0 Å². The Morgan fingerprint density at radius 3 is 2.90 bits per heavy atom. The fourth-order valence-corrected chi connectivity index (χ4v) is 3.20. The zero-order valence-electron chi connectivity index (χ0n) is 11.4. The molecule has 0 aliphatic rings. The first-order valence-corrected chi connectivity index (χ1v) is 6.96. The summed E-state index contributed by atoms with van der Waals surface area (Å²) in [4.78, 5) is 37.5. The van der Waals surface area contributed by atoms with Crippen LogP contribution in [0, 0.1) is 6.92 Å². The van der Waals surface area contributed by atoms with Crippen LogP contribution in [0.3, 0.4) is 0 Å². The molecule has 0 radical (unpaired) electrons. The average molecular weight is 304 g/mol. The number of amides is 1. The van der Waals surface area contributed by atoms with E-state index in [1.165, 1.54) is 28.9 Å². The Morgan fingerprint density at radius 2 is 2.24 bits per heavy atom. The van der Waals surface area contributed by atoms with Crippen molar-refractivity contribution >= 4 is 27.5 Å². The standard InChI is InChI=1S/C12H12N6O2S/c1-6-8-10(19)14-4-15-11(8)21-9(6)12(20)18(2)3-7-13-5-16-17-7/h4-5H,3H2,1-2H3,(H,13,16,17)(H,14,15,19). The molecule has 0 atom stereocenters. The van der Waals surface area contributed by atoms with Gasteiger partial charge in [-0.25, -0.2) is 9.97 Å². The number of rotatable bonds is 3. The first-order chi connectivity index (χ1) is 10.1. The van der Waals surface area contributed by atoms with Crippen molar-refractivity contribution in [3.8, 4) is 0 Å². The summed E-state index contributed by atoms with van der Waals surface area (Å²) in [5.74, 6) is 0.423. The molecule has 3 heterocycles. The number of hydrogen-bond acceptors (Lipinski definition) is 6. The Balaban J connectivity index is 1.96. The summed E-state index contributed by atoms with van der Waals surface area (Å²) in [6.45, 7) is 2.07. The van der Waals surface area contributed by atoms with Crippen molar-refractivity contribution in [2.75, 3.05) is 7.05 Å². The number of carbonyl (C=O) groups is 1. The third kappa shape index (κ3) is 2.31. The topological polar surface area (TPSA) is 108 Å². The molecule has 8 nitrogen and oxygen atoms in total. The Bertz CT molecular complexity index is 850. The molecule has 21 heavy (non-hydrogen) atoms. The lowest BCUT2D eigenvalue weighted by Crippen LogP contribution is -2.26. The number of aromatic amines is 2. The van der Waals surface area contributed by atoms with Crippen molar-refractivity contribution in [3.63, 3.8) is 0 Å². The monoisotopic (exact) mass is 304 g/mol. The number of nitrogens with one attached hydrogen (secondary N) is 2. The summed E-state index contributed by atoms with van der Waals surface area (Å²) in [6.07, 6.45) is 2.73. The highest BCUT2D eigenvalue weighted by Gasteiger charge is 2.21. The van der Waals surface area contributed by atoms with Gasteiger partial charge in [-0.3, -0.25) is 14.7 Å². The smallest absolute Gasteiger partial charge is 0.264 e. The second kappa shape index (κ2) is 5.09. The van der Waals surface area contributed by atoms with E-state index in [9.17, 15) is 9.59 Å². The maximum atomic E-state index is 12.5. The van der Waals surface area contributed by atoms with Crippen LogP contribution in [0.15, 0.2) is 17.4 Å². The van der Waals surface area contributed by atoms with Gasteiger partial charge in [-0.2, -0.15) is 5.10 Å². The lowest BCUT2D eigenvalue weighted by Gasteiger charge is -2.14. The Morgan fingerprint density at radius 1 is 1.43 bits per heavy atom. The molecule has 0 aromatic carbocycles. The number of hydrogen-bond donors (Lipinski definition) is 2. The minimum atomic E-state index is -0.231. The highest BCUT2D eigenvalue weighted by molar-refractivity contribution is 7.20. The Kier molecular flexibility index (Phi) is 3.26. The van der Waals surface area contributed by atoms with Crippen molar-refractivity contribution in [1.29, 1.82) is 0 Å².